The van der Waals surface area contributed by atoms with Gasteiger partial charge in [-0.15, -0.1) is 0 Å². The van der Waals surface area contributed by atoms with E-state index >= 15 is 0 Å². The Morgan fingerprint density at radius 2 is 2.00 bits per heavy atom. The van der Waals surface area contributed by atoms with Crippen LogP contribution in [-0.4, -0.2) is 42.6 Å². The third-order valence-electron chi connectivity index (χ3n) is 3.20. The minimum absolute atomic E-state index is 0.0499. The Hall–Kier alpha value is -1.27. The molecule has 1 heterocycles. The Morgan fingerprint density at radius 3 is 2.58 bits per heavy atom. The van der Waals surface area contributed by atoms with Crippen molar-refractivity contribution in [2.75, 3.05) is 13.7 Å². The lowest BCUT2D eigenvalue weighted by Crippen LogP contribution is -2.45. The first kappa shape index (κ1) is 15.8. The van der Waals surface area contributed by atoms with Crippen LogP contribution in [0.5, 0.6) is 0 Å². The first-order valence-electron chi connectivity index (χ1n) is 6.26. The maximum absolute atomic E-state index is 12.1. The van der Waals surface area contributed by atoms with Gasteiger partial charge in [-0.3, -0.25) is 9.59 Å². The van der Waals surface area contributed by atoms with Gasteiger partial charge < -0.3 is 9.64 Å². The SMILES string of the molecule is COC(=O)CC1CCCCN1C(=O)CCC(F)(F)F. The van der Waals surface area contributed by atoms with Gasteiger partial charge in [0, 0.05) is 19.0 Å². The van der Waals surface area contributed by atoms with Gasteiger partial charge in [-0.2, -0.15) is 13.2 Å². The fourth-order valence-electron chi connectivity index (χ4n) is 2.21. The number of halogens is 3. The lowest BCUT2D eigenvalue weighted by Gasteiger charge is -2.35. The summed E-state index contributed by atoms with van der Waals surface area (Å²) in [5, 5.41) is 0. The lowest BCUT2D eigenvalue weighted by atomic mass is 9.98. The van der Waals surface area contributed by atoms with Gasteiger partial charge in [-0.1, -0.05) is 0 Å². The second-order valence-electron chi connectivity index (χ2n) is 4.63. The molecule has 4 nitrogen and oxygen atoms in total. The highest BCUT2D eigenvalue weighted by atomic mass is 19.4. The molecule has 0 aromatic carbocycles. The molecule has 1 amide bonds. The molecule has 0 spiro atoms. The first-order chi connectivity index (χ1) is 8.83. The van der Waals surface area contributed by atoms with Crippen molar-refractivity contribution in [3.63, 3.8) is 0 Å². The number of ether oxygens (including phenoxy) is 1. The van der Waals surface area contributed by atoms with Crippen LogP contribution in [0.2, 0.25) is 0 Å². The van der Waals surface area contributed by atoms with Crippen LogP contribution in [0.4, 0.5) is 13.2 Å². The third-order valence-corrected chi connectivity index (χ3v) is 3.20. The van der Waals surface area contributed by atoms with Gasteiger partial charge in [0.15, 0.2) is 0 Å². The van der Waals surface area contributed by atoms with Crippen molar-refractivity contribution in [1.29, 1.82) is 0 Å². The number of amides is 1. The number of esters is 1. The number of alkyl halides is 3. The molecule has 1 unspecified atom stereocenters. The van der Waals surface area contributed by atoms with Gasteiger partial charge in [0.1, 0.15) is 0 Å². The molecule has 110 valence electrons. The molecule has 1 saturated heterocycles. The Morgan fingerprint density at radius 1 is 1.32 bits per heavy atom. The summed E-state index contributed by atoms with van der Waals surface area (Å²) < 4.78 is 40.8. The number of carbonyl (C=O) groups is 2. The molecule has 1 aliphatic rings. The predicted octanol–water partition coefficient (Wildman–Crippen LogP) is 2.27. The number of methoxy groups -OCH3 is 1. The summed E-state index contributed by atoms with van der Waals surface area (Å²) in [5.41, 5.74) is 0. The van der Waals surface area contributed by atoms with Crippen molar-refractivity contribution in [3.05, 3.63) is 0 Å². The van der Waals surface area contributed by atoms with Crippen molar-refractivity contribution in [2.24, 2.45) is 0 Å². The van der Waals surface area contributed by atoms with Crippen molar-refractivity contribution in [3.8, 4) is 0 Å². The van der Waals surface area contributed by atoms with E-state index in [1.165, 1.54) is 12.0 Å². The number of nitrogens with zero attached hydrogens (tertiary/aromatic N) is 1. The van der Waals surface area contributed by atoms with Gasteiger partial charge in [-0.05, 0) is 19.3 Å². The maximum Gasteiger partial charge on any atom is 0.389 e. The van der Waals surface area contributed by atoms with Gasteiger partial charge in [-0.25, -0.2) is 0 Å². The molecule has 0 aromatic rings. The van der Waals surface area contributed by atoms with Crippen LogP contribution in [-0.2, 0) is 14.3 Å². The second kappa shape index (κ2) is 6.77. The van der Waals surface area contributed by atoms with E-state index in [0.717, 1.165) is 12.8 Å². The number of carbonyl (C=O) groups excluding carboxylic acids is 2. The van der Waals surface area contributed by atoms with E-state index in [9.17, 15) is 22.8 Å². The first-order valence-corrected chi connectivity index (χ1v) is 6.26. The molecule has 0 bridgehead atoms. The highest BCUT2D eigenvalue weighted by Gasteiger charge is 2.32. The van der Waals surface area contributed by atoms with Gasteiger partial charge >= 0.3 is 12.1 Å². The Labute approximate surface area is 109 Å². The zero-order chi connectivity index (χ0) is 14.5. The summed E-state index contributed by atoms with van der Waals surface area (Å²) >= 11 is 0. The van der Waals surface area contributed by atoms with E-state index in [-0.39, 0.29) is 12.5 Å². The second-order valence-corrected chi connectivity index (χ2v) is 4.63. The third kappa shape index (κ3) is 5.48. The van der Waals surface area contributed by atoms with E-state index < -0.39 is 30.9 Å². The van der Waals surface area contributed by atoms with Crippen LogP contribution in [0.1, 0.15) is 38.5 Å². The van der Waals surface area contributed by atoms with Crippen LogP contribution < -0.4 is 0 Å². The summed E-state index contributed by atoms with van der Waals surface area (Å²) in [5.74, 6) is -0.980. The number of hydrogen-bond acceptors (Lipinski definition) is 3. The van der Waals surface area contributed by atoms with Crippen LogP contribution >= 0.6 is 0 Å². The molecule has 0 N–H and O–H groups in total. The quantitative estimate of drug-likeness (QED) is 0.743. The summed E-state index contributed by atoms with van der Waals surface area (Å²) in [6.45, 7) is 0.415. The number of likely N-dealkylation sites (tertiary alicyclic amines) is 1. The minimum atomic E-state index is -4.33. The van der Waals surface area contributed by atoms with Crippen molar-refractivity contribution >= 4 is 11.9 Å². The number of hydrogen-bond donors (Lipinski definition) is 0. The lowest BCUT2D eigenvalue weighted by molar-refractivity contribution is -0.153. The minimum Gasteiger partial charge on any atom is -0.469 e. The maximum atomic E-state index is 12.1. The smallest absolute Gasteiger partial charge is 0.389 e. The normalized spacial score (nSPS) is 20.2. The summed E-state index contributed by atoms with van der Waals surface area (Å²) in [6, 6.07) is -0.332. The van der Waals surface area contributed by atoms with Gasteiger partial charge in [0.2, 0.25) is 5.91 Å². The largest absolute Gasteiger partial charge is 0.469 e. The average molecular weight is 281 g/mol. The van der Waals surface area contributed by atoms with Gasteiger partial charge in [0.05, 0.1) is 20.0 Å². The van der Waals surface area contributed by atoms with Gasteiger partial charge in [0.25, 0.3) is 0 Å². The monoisotopic (exact) mass is 281 g/mol. The molecule has 1 fully saturated rings. The van der Waals surface area contributed by atoms with Crippen molar-refractivity contribution in [1.82, 2.24) is 4.90 Å². The van der Waals surface area contributed by atoms with E-state index in [4.69, 9.17) is 0 Å². The Balaban J connectivity index is 2.55. The van der Waals surface area contributed by atoms with Crippen LogP contribution in [0.15, 0.2) is 0 Å². The summed E-state index contributed by atoms with van der Waals surface area (Å²) in [7, 11) is 1.25. The van der Waals surface area contributed by atoms with E-state index in [2.05, 4.69) is 4.74 Å². The van der Waals surface area contributed by atoms with E-state index in [1.807, 2.05) is 0 Å². The predicted molar refractivity (Wildman–Crippen MR) is 61.3 cm³/mol. The molecule has 0 saturated carbocycles. The molecule has 0 radical (unpaired) electrons. The molecule has 7 heteroatoms. The summed E-state index contributed by atoms with van der Waals surface area (Å²) in [6.07, 6.45) is -3.70. The molecular weight excluding hydrogens is 263 g/mol. The topological polar surface area (TPSA) is 46.6 Å². The molecule has 0 aliphatic carbocycles. The van der Waals surface area contributed by atoms with E-state index in [0.29, 0.717) is 13.0 Å². The molecule has 19 heavy (non-hydrogen) atoms. The van der Waals surface area contributed by atoms with E-state index in [1.54, 1.807) is 0 Å². The molecule has 0 aromatic heterocycles. The number of piperidine rings is 1. The highest BCUT2D eigenvalue weighted by Crippen LogP contribution is 2.25. The fraction of sp³-hybridized carbons (Fsp3) is 0.833. The highest BCUT2D eigenvalue weighted by molar-refractivity contribution is 5.78. The Bertz CT molecular complexity index is 331. The van der Waals surface area contributed by atoms with Crippen molar-refractivity contribution in [2.45, 2.75) is 50.7 Å². The van der Waals surface area contributed by atoms with Crippen LogP contribution in [0.3, 0.4) is 0 Å². The van der Waals surface area contributed by atoms with Crippen LogP contribution in [0, 0.1) is 0 Å². The zero-order valence-electron chi connectivity index (χ0n) is 10.8. The molecular formula is C12H18F3NO3. The van der Waals surface area contributed by atoms with Crippen LogP contribution in [0.25, 0.3) is 0 Å². The molecule has 1 atom stereocenters. The summed E-state index contributed by atoms with van der Waals surface area (Å²) in [4.78, 5) is 24.4. The average Bonchev–Trinajstić information content (AvgIpc) is 2.35. The molecule has 1 rings (SSSR count). The Kier molecular flexibility index (Phi) is 5.62. The zero-order valence-corrected chi connectivity index (χ0v) is 10.8. The standard InChI is InChI=1S/C12H18F3NO3/c1-19-11(18)8-9-4-2-3-7-16(9)10(17)5-6-12(13,14)15/h9H,2-8H2,1H3. The fourth-order valence-corrected chi connectivity index (χ4v) is 2.21. The number of rotatable bonds is 4. The molecule has 1 aliphatic heterocycles. The van der Waals surface area contributed by atoms with Crippen molar-refractivity contribution < 1.29 is 27.5 Å².